The van der Waals surface area contributed by atoms with E-state index in [9.17, 15) is 4.79 Å². The Balaban J connectivity index is 1.95. The van der Waals surface area contributed by atoms with Crippen molar-refractivity contribution in [3.8, 4) is 17.2 Å². The molecule has 5 heteroatoms. The number of nitrogens with zero attached hydrogens (tertiary/aromatic N) is 1. The van der Waals surface area contributed by atoms with Crippen LogP contribution >= 0.6 is 0 Å². The number of carbonyl (C=O) groups excluding carboxylic acids is 1. The summed E-state index contributed by atoms with van der Waals surface area (Å²) >= 11 is 0. The van der Waals surface area contributed by atoms with E-state index in [1.807, 2.05) is 18.2 Å². The molecule has 0 unspecified atom stereocenters. The number of fused-ring (bicyclic) bond motifs is 1. The van der Waals surface area contributed by atoms with Gasteiger partial charge in [0.05, 0.1) is 24.5 Å². The Morgan fingerprint density at radius 2 is 2.05 bits per heavy atom. The Bertz CT molecular complexity index is 765. The second kappa shape index (κ2) is 5.05. The summed E-state index contributed by atoms with van der Waals surface area (Å²) in [6.07, 6.45) is 2.40. The highest BCUT2D eigenvalue weighted by Crippen LogP contribution is 2.32. The molecular formula is C15H12N2O3. The predicted octanol–water partition coefficient (Wildman–Crippen LogP) is 3.18. The number of nitrogens with one attached hydrogen (secondary N) is 1. The Kier molecular flexibility index (Phi) is 3.09. The van der Waals surface area contributed by atoms with E-state index in [4.69, 9.17) is 9.47 Å². The largest absolute Gasteiger partial charge is 0.493 e. The van der Waals surface area contributed by atoms with Crippen LogP contribution in [0.15, 0.2) is 42.7 Å². The number of methoxy groups -OCH3 is 1. The maximum Gasteiger partial charge on any atom is 0.169 e. The number of H-pyrrole nitrogens is 1. The van der Waals surface area contributed by atoms with Gasteiger partial charge in [-0.25, -0.2) is 4.98 Å². The van der Waals surface area contributed by atoms with Gasteiger partial charge >= 0.3 is 0 Å². The van der Waals surface area contributed by atoms with Crippen LogP contribution in [0.2, 0.25) is 0 Å². The molecule has 0 saturated carbocycles. The molecule has 0 saturated heterocycles. The van der Waals surface area contributed by atoms with Crippen molar-refractivity contribution in [2.24, 2.45) is 0 Å². The van der Waals surface area contributed by atoms with Crippen LogP contribution in [-0.2, 0) is 0 Å². The Labute approximate surface area is 115 Å². The number of hydrogen-bond acceptors (Lipinski definition) is 4. The highest BCUT2D eigenvalue weighted by molar-refractivity contribution is 5.77. The zero-order valence-electron chi connectivity index (χ0n) is 10.8. The summed E-state index contributed by atoms with van der Waals surface area (Å²) in [6, 6.07) is 10.6. The van der Waals surface area contributed by atoms with Crippen molar-refractivity contribution in [3.05, 3.63) is 48.3 Å². The minimum atomic E-state index is 0.513. The summed E-state index contributed by atoms with van der Waals surface area (Å²) < 4.78 is 11.0. The fourth-order valence-corrected chi connectivity index (χ4v) is 1.95. The molecule has 5 nitrogen and oxygen atoms in total. The fraction of sp³-hybridized carbons (Fsp3) is 0.0667. The summed E-state index contributed by atoms with van der Waals surface area (Å²) in [7, 11) is 1.54. The first-order valence-electron chi connectivity index (χ1n) is 6.04. The van der Waals surface area contributed by atoms with Gasteiger partial charge in [-0.2, -0.15) is 0 Å². The molecule has 1 N–H and O–H groups in total. The summed E-state index contributed by atoms with van der Waals surface area (Å²) in [5.41, 5.74) is 2.31. The van der Waals surface area contributed by atoms with Crippen molar-refractivity contribution in [2.75, 3.05) is 7.11 Å². The Morgan fingerprint density at radius 3 is 2.85 bits per heavy atom. The average molecular weight is 268 g/mol. The van der Waals surface area contributed by atoms with Crippen molar-refractivity contribution in [3.63, 3.8) is 0 Å². The molecule has 2 aromatic carbocycles. The number of aromatic amines is 1. The highest BCUT2D eigenvalue weighted by atomic mass is 16.5. The summed E-state index contributed by atoms with van der Waals surface area (Å²) in [4.78, 5) is 17.9. The highest BCUT2D eigenvalue weighted by Gasteiger charge is 2.07. The molecule has 0 spiro atoms. The van der Waals surface area contributed by atoms with E-state index in [2.05, 4.69) is 9.97 Å². The van der Waals surface area contributed by atoms with E-state index in [0.717, 1.165) is 17.3 Å². The zero-order valence-corrected chi connectivity index (χ0v) is 10.8. The van der Waals surface area contributed by atoms with Gasteiger partial charge in [0.15, 0.2) is 11.5 Å². The van der Waals surface area contributed by atoms with E-state index >= 15 is 0 Å². The van der Waals surface area contributed by atoms with Gasteiger partial charge in [-0.1, -0.05) is 0 Å². The monoisotopic (exact) mass is 268 g/mol. The van der Waals surface area contributed by atoms with Crippen LogP contribution in [0.4, 0.5) is 0 Å². The molecule has 20 heavy (non-hydrogen) atoms. The lowest BCUT2D eigenvalue weighted by atomic mass is 10.2. The maximum absolute atomic E-state index is 10.8. The molecule has 0 aliphatic rings. The first kappa shape index (κ1) is 12.2. The number of aromatic nitrogens is 2. The number of ether oxygens (including phenoxy) is 2. The summed E-state index contributed by atoms with van der Waals surface area (Å²) in [5.74, 6) is 1.73. The number of carbonyl (C=O) groups is 1. The van der Waals surface area contributed by atoms with E-state index in [-0.39, 0.29) is 0 Å². The molecule has 0 aliphatic carbocycles. The van der Waals surface area contributed by atoms with Crippen molar-refractivity contribution >= 4 is 17.3 Å². The van der Waals surface area contributed by atoms with Gasteiger partial charge in [0.1, 0.15) is 12.0 Å². The minimum Gasteiger partial charge on any atom is -0.493 e. The molecule has 0 radical (unpaired) electrons. The average Bonchev–Trinajstić information content (AvgIpc) is 2.95. The van der Waals surface area contributed by atoms with Crippen LogP contribution in [0, 0.1) is 0 Å². The topological polar surface area (TPSA) is 64.2 Å². The van der Waals surface area contributed by atoms with Gasteiger partial charge < -0.3 is 14.5 Å². The first-order valence-corrected chi connectivity index (χ1v) is 6.04. The molecule has 1 aromatic heterocycles. The number of hydrogen-bond donors (Lipinski definition) is 1. The molecule has 0 fully saturated rings. The normalized spacial score (nSPS) is 10.4. The van der Waals surface area contributed by atoms with Crippen molar-refractivity contribution in [2.45, 2.75) is 0 Å². The molecule has 0 atom stereocenters. The van der Waals surface area contributed by atoms with Gasteiger partial charge in [0, 0.05) is 11.6 Å². The third-order valence-corrected chi connectivity index (χ3v) is 2.94. The molecule has 100 valence electrons. The second-order valence-electron chi connectivity index (χ2n) is 4.21. The van der Waals surface area contributed by atoms with Crippen LogP contribution < -0.4 is 9.47 Å². The van der Waals surface area contributed by atoms with Crippen LogP contribution in [0.5, 0.6) is 17.2 Å². The maximum atomic E-state index is 10.8. The van der Waals surface area contributed by atoms with E-state index < -0.39 is 0 Å². The summed E-state index contributed by atoms with van der Waals surface area (Å²) in [5, 5.41) is 0. The SMILES string of the molecule is COc1cc(C=O)ccc1Oc1ccc2nc[nH]c2c1. The molecule has 0 bridgehead atoms. The molecule has 0 amide bonds. The van der Waals surface area contributed by atoms with Crippen molar-refractivity contribution in [1.29, 1.82) is 0 Å². The van der Waals surface area contributed by atoms with Crippen LogP contribution in [-0.4, -0.2) is 23.4 Å². The lowest BCUT2D eigenvalue weighted by Gasteiger charge is -2.10. The first-order chi connectivity index (χ1) is 9.80. The predicted molar refractivity (Wildman–Crippen MR) is 74.5 cm³/mol. The van der Waals surface area contributed by atoms with Crippen LogP contribution in [0.3, 0.4) is 0 Å². The van der Waals surface area contributed by atoms with E-state index in [1.165, 1.54) is 7.11 Å². The standard InChI is InChI=1S/C15H12N2O3/c1-19-15-6-10(8-18)2-5-14(15)20-11-3-4-12-13(7-11)17-9-16-12/h2-9H,1H3,(H,16,17). The molecule has 3 rings (SSSR count). The quantitative estimate of drug-likeness (QED) is 0.738. The fourth-order valence-electron chi connectivity index (χ4n) is 1.95. The van der Waals surface area contributed by atoms with Gasteiger partial charge in [-0.05, 0) is 30.3 Å². The van der Waals surface area contributed by atoms with Crippen LogP contribution in [0.1, 0.15) is 10.4 Å². The number of rotatable bonds is 4. The molecular weight excluding hydrogens is 256 g/mol. The molecule has 3 aromatic rings. The smallest absolute Gasteiger partial charge is 0.169 e. The Hall–Kier alpha value is -2.82. The Morgan fingerprint density at radius 1 is 1.15 bits per heavy atom. The van der Waals surface area contributed by atoms with Crippen molar-refractivity contribution < 1.29 is 14.3 Å². The van der Waals surface area contributed by atoms with Gasteiger partial charge in [-0.3, -0.25) is 4.79 Å². The molecule has 1 heterocycles. The third-order valence-electron chi connectivity index (χ3n) is 2.94. The minimum absolute atomic E-state index is 0.513. The number of imidazole rings is 1. The van der Waals surface area contributed by atoms with Gasteiger partial charge in [0.25, 0.3) is 0 Å². The third kappa shape index (κ3) is 2.21. The van der Waals surface area contributed by atoms with Crippen LogP contribution in [0.25, 0.3) is 11.0 Å². The zero-order chi connectivity index (χ0) is 13.9. The summed E-state index contributed by atoms with van der Waals surface area (Å²) in [6.45, 7) is 0. The van der Waals surface area contributed by atoms with Gasteiger partial charge in [0.2, 0.25) is 0 Å². The lowest BCUT2D eigenvalue weighted by Crippen LogP contribution is -1.92. The second-order valence-corrected chi connectivity index (χ2v) is 4.21. The van der Waals surface area contributed by atoms with Crippen molar-refractivity contribution in [1.82, 2.24) is 9.97 Å². The van der Waals surface area contributed by atoms with E-state index in [0.29, 0.717) is 22.8 Å². The van der Waals surface area contributed by atoms with E-state index in [1.54, 1.807) is 24.5 Å². The number of aldehydes is 1. The number of benzene rings is 2. The molecule has 0 aliphatic heterocycles. The van der Waals surface area contributed by atoms with Gasteiger partial charge in [-0.15, -0.1) is 0 Å². The lowest BCUT2D eigenvalue weighted by molar-refractivity contribution is 0.112.